The molecule has 124 valence electrons. The van der Waals surface area contributed by atoms with Crippen LogP contribution in [0.3, 0.4) is 0 Å². The molecule has 1 atom stereocenters. The number of nitrogens with one attached hydrogen (secondary N) is 2. The van der Waals surface area contributed by atoms with Crippen molar-refractivity contribution in [1.82, 2.24) is 15.3 Å². The van der Waals surface area contributed by atoms with Crippen molar-refractivity contribution >= 4 is 11.7 Å². The number of hydrogen-bond donors (Lipinski definition) is 2. The molecule has 6 nitrogen and oxygen atoms in total. The highest BCUT2D eigenvalue weighted by atomic mass is 16.5. The third-order valence-corrected chi connectivity index (χ3v) is 4.95. The average Bonchev–Trinajstić information content (AvgIpc) is 3.29. The molecule has 23 heavy (non-hydrogen) atoms. The molecule has 0 aromatic carbocycles. The smallest absolute Gasteiger partial charge is 0.270 e. The van der Waals surface area contributed by atoms with E-state index in [-0.39, 0.29) is 5.91 Å². The number of hydrogen-bond acceptors (Lipinski definition) is 5. The minimum Gasteiger partial charge on any atom is -0.381 e. The van der Waals surface area contributed by atoms with Crippen molar-refractivity contribution in [1.29, 1.82) is 0 Å². The van der Waals surface area contributed by atoms with Gasteiger partial charge < -0.3 is 15.4 Å². The lowest BCUT2D eigenvalue weighted by molar-refractivity contribution is 0.0940. The summed E-state index contributed by atoms with van der Waals surface area (Å²) in [5.74, 6) is 2.83. The topological polar surface area (TPSA) is 76.1 Å². The van der Waals surface area contributed by atoms with Gasteiger partial charge in [-0.1, -0.05) is 0 Å². The standard InChI is InChI=1S/C17H24N4O2/c22-17-14-13(5-8-19-17)16(21-15(20-14)12-3-4-12)18-7-1-2-11-6-9-23-10-11/h11-12H,1-10H2,(H,19,22)(H,18,20,21). The van der Waals surface area contributed by atoms with E-state index in [1.165, 1.54) is 12.8 Å². The molecule has 1 saturated heterocycles. The van der Waals surface area contributed by atoms with Gasteiger partial charge in [0.1, 0.15) is 17.3 Å². The van der Waals surface area contributed by atoms with Crippen LogP contribution in [0.2, 0.25) is 0 Å². The summed E-state index contributed by atoms with van der Waals surface area (Å²) in [5, 5.41) is 6.35. The summed E-state index contributed by atoms with van der Waals surface area (Å²) in [6.07, 6.45) is 6.58. The molecule has 1 unspecified atom stereocenters. The van der Waals surface area contributed by atoms with Crippen LogP contribution in [-0.2, 0) is 11.2 Å². The van der Waals surface area contributed by atoms with Gasteiger partial charge in [0.2, 0.25) is 0 Å². The number of nitrogens with zero attached hydrogens (tertiary/aromatic N) is 2. The van der Waals surface area contributed by atoms with E-state index in [9.17, 15) is 4.79 Å². The van der Waals surface area contributed by atoms with Crippen LogP contribution in [0.15, 0.2) is 0 Å². The largest absolute Gasteiger partial charge is 0.381 e. The van der Waals surface area contributed by atoms with Crippen molar-refractivity contribution in [2.75, 3.05) is 31.6 Å². The number of ether oxygens (including phenoxy) is 1. The van der Waals surface area contributed by atoms with Crippen molar-refractivity contribution in [3.05, 3.63) is 17.1 Å². The molecule has 1 amide bonds. The van der Waals surface area contributed by atoms with Gasteiger partial charge in [-0.05, 0) is 44.4 Å². The summed E-state index contributed by atoms with van der Waals surface area (Å²) < 4.78 is 5.42. The maximum absolute atomic E-state index is 12.1. The fraction of sp³-hybridized carbons (Fsp3) is 0.706. The van der Waals surface area contributed by atoms with Crippen LogP contribution in [0.4, 0.5) is 5.82 Å². The molecular weight excluding hydrogens is 292 g/mol. The molecule has 0 bridgehead atoms. The van der Waals surface area contributed by atoms with Gasteiger partial charge in [-0.2, -0.15) is 0 Å². The van der Waals surface area contributed by atoms with Gasteiger partial charge in [0, 0.05) is 37.8 Å². The Morgan fingerprint density at radius 1 is 1.26 bits per heavy atom. The van der Waals surface area contributed by atoms with Gasteiger partial charge in [-0.25, -0.2) is 9.97 Å². The first-order chi connectivity index (χ1) is 11.3. The maximum atomic E-state index is 12.1. The van der Waals surface area contributed by atoms with Crippen molar-refractivity contribution < 1.29 is 9.53 Å². The minimum absolute atomic E-state index is 0.0540. The molecule has 2 aliphatic heterocycles. The molecule has 3 aliphatic rings. The van der Waals surface area contributed by atoms with Gasteiger partial charge in [0.05, 0.1) is 0 Å². The quantitative estimate of drug-likeness (QED) is 0.784. The lowest BCUT2D eigenvalue weighted by Gasteiger charge is -2.20. The van der Waals surface area contributed by atoms with Crippen LogP contribution >= 0.6 is 0 Å². The molecule has 2 N–H and O–H groups in total. The summed E-state index contributed by atoms with van der Waals surface area (Å²) in [5.41, 5.74) is 1.57. The van der Waals surface area contributed by atoms with Crippen LogP contribution in [0.5, 0.6) is 0 Å². The normalized spacial score (nSPS) is 23.5. The number of carbonyl (C=O) groups excluding carboxylic acids is 1. The minimum atomic E-state index is -0.0540. The van der Waals surface area contributed by atoms with Crippen LogP contribution in [-0.4, -0.2) is 42.2 Å². The maximum Gasteiger partial charge on any atom is 0.270 e. The Kier molecular flexibility index (Phi) is 4.16. The number of carbonyl (C=O) groups is 1. The Bertz CT molecular complexity index is 595. The van der Waals surface area contributed by atoms with E-state index in [4.69, 9.17) is 9.72 Å². The molecule has 6 heteroatoms. The molecule has 0 radical (unpaired) electrons. The number of anilines is 1. The fourth-order valence-corrected chi connectivity index (χ4v) is 3.39. The summed E-state index contributed by atoms with van der Waals surface area (Å²) in [6.45, 7) is 3.39. The highest BCUT2D eigenvalue weighted by molar-refractivity contribution is 5.96. The zero-order chi connectivity index (χ0) is 15.6. The fourth-order valence-electron chi connectivity index (χ4n) is 3.39. The van der Waals surface area contributed by atoms with Gasteiger partial charge in [-0.3, -0.25) is 4.79 Å². The first kappa shape index (κ1) is 14.9. The predicted molar refractivity (Wildman–Crippen MR) is 86.7 cm³/mol. The average molecular weight is 316 g/mol. The molecule has 1 aliphatic carbocycles. The Balaban J connectivity index is 1.44. The van der Waals surface area contributed by atoms with Gasteiger partial charge in [0.25, 0.3) is 5.91 Å². The van der Waals surface area contributed by atoms with Gasteiger partial charge >= 0.3 is 0 Å². The predicted octanol–water partition coefficient (Wildman–Crippen LogP) is 1.87. The van der Waals surface area contributed by atoms with E-state index in [1.807, 2.05) is 0 Å². The summed E-state index contributed by atoms with van der Waals surface area (Å²) in [7, 11) is 0. The van der Waals surface area contributed by atoms with Gasteiger partial charge in [-0.15, -0.1) is 0 Å². The van der Waals surface area contributed by atoms with Crippen molar-refractivity contribution in [3.8, 4) is 0 Å². The molecule has 1 aromatic heterocycles. The SMILES string of the molecule is O=C1NCCc2c(NCCCC3CCOC3)nc(C3CC3)nc21. The second-order valence-electron chi connectivity index (χ2n) is 6.84. The third-order valence-electron chi connectivity index (χ3n) is 4.95. The Labute approximate surface area is 136 Å². The Hall–Kier alpha value is -1.69. The third kappa shape index (κ3) is 3.32. The Morgan fingerprint density at radius 3 is 2.96 bits per heavy atom. The number of aromatic nitrogens is 2. The molecule has 3 heterocycles. The summed E-state index contributed by atoms with van der Waals surface area (Å²) >= 11 is 0. The highest BCUT2D eigenvalue weighted by Crippen LogP contribution is 2.39. The summed E-state index contributed by atoms with van der Waals surface area (Å²) in [6, 6.07) is 0. The van der Waals surface area contributed by atoms with Crippen LogP contribution in [0.1, 0.15) is 59.9 Å². The molecule has 1 saturated carbocycles. The second-order valence-corrected chi connectivity index (χ2v) is 6.84. The van der Waals surface area contributed by atoms with Crippen LogP contribution in [0, 0.1) is 5.92 Å². The lowest BCUT2D eigenvalue weighted by Crippen LogP contribution is -2.34. The van der Waals surface area contributed by atoms with E-state index in [2.05, 4.69) is 15.6 Å². The Morgan fingerprint density at radius 2 is 2.17 bits per heavy atom. The van der Waals surface area contributed by atoms with Crippen LogP contribution in [0.25, 0.3) is 0 Å². The molecular formula is C17H24N4O2. The molecule has 1 aromatic rings. The molecule has 2 fully saturated rings. The van der Waals surface area contributed by atoms with Crippen molar-refractivity contribution in [3.63, 3.8) is 0 Å². The highest BCUT2D eigenvalue weighted by Gasteiger charge is 2.31. The first-order valence-corrected chi connectivity index (χ1v) is 8.82. The zero-order valence-electron chi connectivity index (χ0n) is 13.4. The van der Waals surface area contributed by atoms with E-state index in [0.29, 0.717) is 24.1 Å². The number of rotatable bonds is 6. The summed E-state index contributed by atoms with van der Waals surface area (Å²) in [4.78, 5) is 21.3. The monoisotopic (exact) mass is 316 g/mol. The first-order valence-electron chi connectivity index (χ1n) is 8.82. The van der Waals surface area contributed by atoms with Crippen LogP contribution < -0.4 is 10.6 Å². The van der Waals surface area contributed by atoms with Gasteiger partial charge in [0.15, 0.2) is 0 Å². The van der Waals surface area contributed by atoms with E-state index in [1.54, 1.807) is 0 Å². The van der Waals surface area contributed by atoms with E-state index < -0.39 is 0 Å². The molecule has 4 rings (SSSR count). The molecule has 0 spiro atoms. The van der Waals surface area contributed by atoms with Crippen molar-refractivity contribution in [2.24, 2.45) is 5.92 Å². The van der Waals surface area contributed by atoms with E-state index >= 15 is 0 Å². The second kappa shape index (κ2) is 6.43. The number of fused-ring (bicyclic) bond motifs is 1. The van der Waals surface area contributed by atoms with E-state index in [0.717, 1.165) is 62.6 Å². The lowest BCUT2D eigenvalue weighted by atomic mass is 10.0. The zero-order valence-corrected chi connectivity index (χ0v) is 13.4. The number of amides is 1. The van der Waals surface area contributed by atoms with Crippen molar-refractivity contribution in [2.45, 2.75) is 44.4 Å².